The number of likely N-dealkylation sites (N-methyl/N-ethyl adjacent to an activating group) is 1. The van der Waals surface area contributed by atoms with E-state index in [1.165, 1.54) is 4.90 Å². The minimum absolute atomic E-state index is 0.165. The first-order valence-corrected chi connectivity index (χ1v) is 7.64. The third-order valence-electron chi connectivity index (χ3n) is 3.63. The maximum Gasteiger partial charge on any atom is 0.266 e. The summed E-state index contributed by atoms with van der Waals surface area (Å²) in [6.45, 7) is 0. The smallest absolute Gasteiger partial charge is 0.266 e. The summed E-state index contributed by atoms with van der Waals surface area (Å²) in [7, 11) is 1.60. The van der Waals surface area contributed by atoms with Crippen LogP contribution in [-0.2, 0) is 10.3 Å². The molecule has 1 amide bonds. The van der Waals surface area contributed by atoms with Gasteiger partial charge in [0.25, 0.3) is 5.91 Å². The van der Waals surface area contributed by atoms with E-state index in [2.05, 4.69) is 25.9 Å². The zero-order chi connectivity index (χ0) is 15.9. The van der Waals surface area contributed by atoms with E-state index in [9.17, 15) is 4.79 Å². The van der Waals surface area contributed by atoms with E-state index >= 15 is 0 Å². The molecule has 112 valence electrons. The van der Waals surface area contributed by atoms with Gasteiger partial charge in [-0.3, -0.25) is 9.69 Å². The van der Waals surface area contributed by atoms with E-state index in [1.807, 2.05) is 24.3 Å². The Bertz CT molecular complexity index is 747. The number of carbonyl (C=O) groups excluding carboxylic acids is 1. The molecule has 2 aromatic rings. The number of pyridine rings is 1. The van der Waals surface area contributed by atoms with Gasteiger partial charge in [-0.15, -0.1) is 0 Å². The van der Waals surface area contributed by atoms with Gasteiger partial charge in [-0.2, -0.15) is 0 Å². The van der Waals surface area contributed by atoms with E-state index in [0.717, 1.165) is 4.47 Å². The Morgan fingerprint density at radius 1 is 1.27 bits per heavy atom. The number of carbonyl (C=O) groups is 1. The molecule has 2 heterocycles. The largest absolute Gasteiger partial charge is 0.369 e. The van der Waals surface area contributed by atoms with E-state index < -0.39 is 5.54 Å². The Balaban J connectivity index is 2.31. The first-order chi connectivity index (χ1) is 10.4. The number of guanidine groups is 1. The summed E-state index contributed by atoms with van der Waals surface area (Å²) in [5.41, 5.74) is 5.99. The number of amides is 1. The molecule has 0 bridgehead atoms. The second kappa shape index (κ2) is 5.37. The minimum atomic E-state index is -1.24. The van der Waals surface area contributed by atoms with Crippen molar-refractivity contribution in [3.05, 3.63) is 63.3 Å². The van der Waals surface area contributed by atoms with Crippen molar-refractivity contribution in [2.75, 3.05) is 7.05 Å². The molecule has 0 saturated carbocycles. The molecule has 1 aliphatic rings. The average Bonchev–Trinajstić information content (AvgIpc) is 2.72. The van der Waals surface area contributed by atoms with Gasteiger partial charge in [-0.05, 0) is 35.4 Å². The van der Waals surface area contributed by atoms with E-state index in [0.29, 0.717) is 16.3 Å². The van der Waals surface area contributed by atoms with Crippen LogP contribution in [0.3, 0.4) is 0 Å². The highest BCUT2D eigenvalue weighted by molar-refractivity contribution is 9.10. The molecule has 0 saturated heterocycles. The zero-order valence-corrected chi connectivity index (χ0v) is 14.0. The molecule has 0 aliphatic carbocycles. The first kappa shape index (κ1) is 15.0. The number of hydrogen-bond donors (Lipinski definition) is 1. The number of nitrogens with two attached hydrogens (primary N) is 1. The van der Waals surface area contributed by atoms with Gasteiger partial charge in [0.1, 0.15) is 5.15 Å². The van der Waals surface area contributed by atoms with Crippen molar-refractivity contribution in [1.82, 2.24) is 9.88 Å². The second-order valence-electron chi connectivity index (χ2n) is 4.92. The molecular formula is C15H12BrClN4O. The molecule has 3 rings (SSSR count). The Kier molecular flexibility index (Phi) is 3.66. The predicted molar refractivity (Wildman–Crippen MR) is 88.6 cm³/mol. The number of halogens is 2. The number of hydrogen-bond acceptors (Lipinski definition) is 4. The van der Waals surface area contributed by atoms with E-state index in [1.54, 1.807) is 25.4 Å². The molecule has 0 spiro atoms. The monoisotopic (exact) mass is 378 g/mol. The van der Waals surface area contributed by atoms with Crippen molar-refractivity contribution in [3.63, 3.8) is 0 Å². The van der Waals surface area contributed by atoms with Crippen LogP contribution in [0.25, 0.3) is 0 Å². The molecular weight excluding hydrogens is 368 g/mol. The Morgan fingerprint density at radius 2 is 2.00 bits per heavy atom. The van der Waals surface area contributed by atoms with Gasteiger partial charge in [-0.1, -0.05) is 39.7 Å². The summed E-state index contributed by atoms with van der Waals surface area (Å²) in [5.74, 6) is -0.0664. The number of rotatable bonds is 2. The molecule has 2 N–H and O–H groups in total. The SMILES string of the molecule is CN1C(=O)C(c2cccc(Br)c2)(c2ccnc(Cl)c2)N=C1N. The Hall–Kier alpha value is -1.92. The van der Waals surface area contributed by atoms with E-state index in [-0.39, 0.29) is 11.9 Å². The fourth-order valence-corrected chi connectivity index (χ4v) is 3.10. The molecule has 1 unspecified atom stereocenters. The lowest BCUT2D eigenvalue weighted by Crippen LogP contribution is -2.41. The molecule has 22 heavy (non-hydrogen) atoms. The lowest BCUT2D eigenvalue weighted by atomic mass is 9.83. The number of aliphatic imine (C=N–C) groups is 1. The van der Waals surface area contributed by atoms with Crippen LogP contribution < -0.4 is 5.73 Å². The van der Waals surface area contributed by atoms with Crippen molar-refractivity contribution in [2.45, 2.75) is 5.54 Å². The summed E-state index contributed by atoms with van der Waals surface area (Å²) in [4.78, 5) is 22.7. The maximum atomic E-state index is 12.9. The van der Waals surface area contributed by atoms with Crippen molar-refractivity contribution >= 4 is 39.4 Å². The summed E-state index contributed by atoms with van der Waals surface area (Å²) < 4.78 is 0.848. The number of aromatic nitrogens is 1. The molecule has 1 atom stereocenters. The topological polar surface area (TPSA) is 71.6 Å². The lowest BCUT2D eigenvalue weighted by Gasteiger charge is -2.26. The molecule has 0 radical (unpaired) electrons. The van der Waals surface area contributed by atoms with Crippen molar-refractivity contribution in [3.8, 4) is 0 Å². The molecule has 5 nitrogen and oxygen atoms in total. The lowest BCUT2D eigenvalue weighted by molar-refractivity contribution is -0.129. The molecule has 7 heteroatoms. The Labute approximate surface area is 140 Å². The summed E-state index contributed by atoms with van der Waals surface area (Å²) >= 11 is 9.43. The standard InChI is InChI=1S/C15H12BrClN4O/c1-21-13(22)15(20-14(21)18,9-3-2-4-11(16)7-9)10-5-6-19-12(17)8-10/h2-8H,1H3,(H2,18,20). The summed E-state index contributed by atoms with van der Waals surface area (Å²) in [5, 5.41) is 0.294. The van der Waals surface area contributed by atoms with Gasteiger partial charge in [0.15, 0.2) is 11.5 Å². The van der Waals surface area contributed by atoms with Gasteiger partial charge in [0, 0.05) is 17.7 Å². The summed E-state index contributed by atoms with van der Waals surface area (Å²) in [6, 6.07) is 10.8. The third kappa shape index (κ3) is 2.19. The van der Waals surface area contributed by atoms with Crippen molar-refractivity contribution in [2.24, 2.45) is 10.7 Å². The van der Waals surface area contributed by atoms with Crippen LogP contribution in [0.2, 0.25) is 5.15 Å². The maximum absolute atomic E-state index is 12.9. The summed E-state index contributed by atoms with van der Waals surface area (Å²) in [6.07, 6.45) is 1.55. The van der Waals surface area contributed by atoms with Crippen LogP contribution in [0.1, 0.15) is 11.1 Å². The Morgan fingerprint density at radius 3 is 2.59 bits per heavy atom. The molecule has 1 aromatic carbocycles. The van der Waals surface area contributed by atoms with Gasteiger partial charge < -0.3 is 5.73 Å². The molecule has 1 aliphatic heterocycles. The number of benzene rings is 1. The quantitative estimate of drug-likeness (QED) is 0.815. The second-order valence-corrected chi connectivity index (χ2v) is 6.23. The fraction of sp³-hybridized carbons (Fsp3) is 0.133. The highest BCUT2D eigenvalue weighted by Crippen LogP contribution is 2.40. The molecule has 1 aromatic heterocycles. The highest BCUT2D eigenvalue weighted by Gasteiger charge is 2.49. The number of nitrogens with zero attached hydrogens (tertiary/aromatic N) is 3. The van der Waals surface area contributed by atoms with Crippen LogP contribution >= 0.6 is 27.5 Å². The zero-order valence-electron chi connectivity index (χ0n) is 11.6. The highest BCUT2D eigenvalue weighted by atomic mass is 79.9. The van der Waals surface area contributed by atoms with Crippen LogP contribution in [0.4, 0.5) is 0 Å². The minimum Gasteiger partial charge on any atom is -0.369 e. The van der Waals surface area contributed by atoms with Crippen LogP contribution in [-0.4, -0.2) is 28.8 Å². The van der Waals surface area contributed by atoms with Gasteiger partial charge >= 0.3 is 0 Å². The van der Waals surface area contributed by atoms with Crippen LogP contribution in [0.15, 0.2) is 52.1 Å². The predicted octanol–water partition coefficient (Wildman–Crippen LogP) is 2.53. The van der Waals surface area contributed by atoms with Crippen LogP contribution in [0, 0.1) is 0 Å². The first-order valence-electron chi connectivity index (χ1n) is 6.46. The normalized spacial score (nSPS) is 21.1. The van der Waals surface area contributed by atoms with Gasteiger partial charge in [-0.25, -0.2) is 9.98 Å². The average molecular weight is 380 g/mol. The van der Waals surface area contributed by atoms with Crippen LogP contribution in [0.5, 0.6) is 0 Å². The van der Waals surface area contributed by atoms with E-state index in [4.69, 9.17) is 17.3 Å². The van der Waals surface area contributed by atoms with Gasteiger partial charge in [0.05, 0.1) is 0 Å². The molecule has 0 fully saturated rings. The third-order valence-corrected chi connectivity index (χ3v) is 4.33. The van der Waals surface area contributed by atoms with Crippen molar-refractivity contribution < 1.29 is 4.79 Å². The fourth-order valence-electron chi connectivity index (χ4n) is 2.53. The van der Waals surface area contributed by atoms with Gasteiger partial charge in [0.2, 0.25) is 0 Å². The van der Waals surface area contributed by atoms with Crippen molar-refractivity contribution in [1.29, 1.82) is 0 Å².